The molecule has 1 aliphatic heterocycles. The molecule has 1 unspecified atom stereocenters. The minimum absolute atomic E-state index is 0.0742. The van der Waals surface area contributed by atoms with Gasteiger partial charge in [-0.2, -0.15) is 5.26 Å². The molecular weight excluding hydrogens is 328 g/mol. The number of fused-ring (bicyclic) bond motifs is 3. The fourth-order valence-electron chi connectivity index (χ4n) is 3.75. The lowest BCUT2D eigenvalue weighted by molar-refractivity contribution is -0.131. The largest absolute Gasteiger partial charge is 0.354 e. The Kier molecular flexibility index (Phi) is 4.17. The van der Waals surface area contributed by atoms with E-state index in [0.717, 1.165) is 47.0 Å². The number of aromatic nitrogens is 3. The normalized spacial score (nSPS) is 17.4. The molecule has 1 atom stereocenters. The van der Waals surface area contributed by atoms with Gasteiger partial charge in [0.15, 0.2) is 0 Å². The Hall–Kier alpha value is -3.14. The highest BCUT2D eigenvalue weighted by Crippen LogP contribution is 2.32. The lowest BCUT2D eigenvalue weighted by atomic mass is 10.0. The molecule has 0 aliphatic carbocycles. The number of carbonyl (C=O) groups excluding carboxylic acids is 1. The number of rotatable bonds is 3. The third-order valence-corrected chi connectivity index (χ3v) is 5.16. The maximum atomic E-state index is 12.1. The number of likely N-dealkylation sites (N-methyl/N-ethyl adjacent to an activating group) is 1. The summed E-state index contributed by atoms with van der Waals surface area (Å²) in [6.07, 6.45) is 7.41. The molecule has 3 aromatic heterocycles. The summed E-state index contributed by atoms with van der Waals surface area (Å²) in [5.74, 6) is 0.808. The fourth-order valence-corrected chi connectivity index (χ4v) is 3.75. The Balaban J connectivity index is 1.70. The van der Waals surface area contributed by atoms with Crippen molar-refractivity contribution in [3.05, 3.63) is 30.7 Å². The first-order valence-corrected chi connectivity index (χ1v) is 8.77. The van der Waals surface area contributed by atoms with Crippen LogP contribution in [0.15, 0.2) is 30.7 Å². The fraction of sp³-hybridized carbons (Fsp3) is 0.368. The molecule has 1 amide bonds. The van der Waals surface area contributed by atoms with Gasteiger partial charge in [0.05, 0.1) is 6.07 Å². The van der Waals surface area contributed by atoms with Crippen LogP contribution in [0.4, 0.5) is 5.82 Å². The number of hydrogen-bond donors (Lipinski definition) is 1. The molecule has 7 heteroatoms. The number of hydrogen-bond acceptors (Lipinski definition) is 5. The summed E-state index contributed by atoms with van der Waals surface area (Å²) in [6, 6.07) is 6.03. The van der Waals surface area contributed by atoms with Crippen molar-refractivity contribution >= 4 is 33.5 Å². The summed E-state index contributed by atoms with van der Waals surface area (Å²) in [7, 11) is 1.79. The summed E-state index contributed by atoms with van der Waals surface area (Å²) in [6.45, 7) is 1.62. The molecule has 1 saturated heterocycles. The highest BCUT2D eigenvalue weighted by Gasteiger charge is 2.27. The molecule has 1 aliphatic rings. The van der Waals surface area contributed by atoms with E-state index in [1.165, 1.54) is 0 Å². The molecule has 0 radical (unpaired) electrons. The van der Waals surface area contributed by atoms with Gasteiger partial charge in [-0.25, -0.2) is 9.97 Å². The molecule has 1 N–H and O–H groups in total. The second-order valence-electron chi connectivity index (χ2n) is 6.68. The Morgan fingerprint density at radius 3 is 3.19 bits per heavy atom. The van der Waals surface area contributed by atoms with Crippen molar-refractivity contribution in [1.82, 2.24) is 19.9 Å². The highest BCUT2D eigenvalue weighted by molar-refractivity contribution is 6.10. The van der Waals surface area contributed by atoms with E-state index in [0.29, 0.717) is 6.54 Å². The SMILES string of the molecule is CN(C(=O)CC#N)C1CCCN(c2nccc3cnc4[nH]ccc4c23)C1. The van der Waals surface area contributed by atoms with Crippen LogP contribution in [0.25, 0.3) is 21.8 Å². The summed E-state index contributed by atoms with van der Waals surface area (Å²) in [5.41, 5.74) is 0.849. The van der Waals surface area contributed by atoms with Gasteiger partial charge in [0.1, 0.15) is 17.9 Å². The molecule has 132 valence electrons. The predicted molar refractivity (Wildman–Crippen MR) is 99.6 cm³/mol. The average molecular weight is 348 g/mol. The van der Waals surface area contributed by atoms with E-state index in [2.05, 4.69) is 19.9 Å². The first kappa shape index (κ1) is 16.3. The molecule has 0 aromatic carbocycles. The standard InChI is InChI=1S/C19H20N6O/c1-24(16(26)4-7-20)14-3-2-10-25(12-14)19-17-13(5-8-22-19)11-23-18-15(17)6-9-21-18/h5-6,8-9,11,14H,2-4,10,12H2,1H3,(H,21,23). The van der Waals surface area contributed by atoms with E-state index in [1.807, 2.05) is 36.8 Å². The quantitative estimate of drug-likeness (QED) is 0.785. The van der Waals surface area contributed by atoms with Crippen molar-refractivity contribution in [2.75, 3.05) is 25.0 Å². The number of aromatic amines is 1. The Bertz CT molecular complexity index is 1000. The summed E-state index contributed by atoms with van der Waals surface area (Å²) >= 11 is 0. The summed E-state index contributed by atoms with van der Waals surface area (Å²) in [5, 5.41) is 12.0. The number of amides is 1. The number of nitriles is 1. The van der Waals surface area contributed by atoms with Crippen LogP contribution in [-0.4, -0.2) is 51.9 Å². The highest BCUT2D eigenvalue weighted by atomic mass is 16.2. The minimum Gasteiger partial charge on any atom is -0.354 e. The number of carbonyl (C=O) groups is 1. The van der Waals surface area contributed by atoms with Crippen molar-refractivity contribution in [2.24, 2.45) is 0 Å². The molecular formula is C19H20N6O. The molecule has 1 fully saturated rings. The van der Waals surface area contributed by atoms with E-state index in [9.17, 15) is 4.79 Å². The molecule has 0 bridgehead atoms. The third kappa shape index (κ3) is 2.73. The topological polar surface area (TPSA) is 88.9 Å². The van der Waals surface area contributed by atoms with Crippen LogP contribution in [0.1, 0.15) is 19.3 Å². The second kappa shape index (κ2) is 6.64. The van der Waals surface area contributed by atoms with E-state index >= 15 is 0 Å². The zero-order chi connectivity index (χ0) is 18.1. The van der Waals surface area contributed by atoms with Crippen LogP contribution in [0, 0.1) is 11.3 Å². The van der Waals surface area contributed by atoms with E-state index < -0.39 is 0 Å². The van der Waals surface area contributed by atoms with Crippen LogP contribution < -0.4 is 4.90 Å². The number of anilines is 1. The van der Waals surface area contributed by atoms with Gasteiger partial charge in [0.2, 0.25) is 5.91 Å². The van der Waals surface area contributed by atoms with Crippen LogP contribution in [-0.2, 0) is 4.79 Å². The monoisotopic (exact) mass is 348 g/mol. The Morgan fingerprint density at radius 1 is 1.46 bits per heavy atom. The molecule has 26 heavy (non-hydrogen) atoms. The van der Waals surface area contributed by atoms with Gasteiger partial charge >= 0.3 is 0 Å². The molecule has 0 spiro atoms. The lowest BCUT2D eigenvalue weighted by Gasteiger charge is -2.38. The molecule has 0 saturated carbocycles. The van der Waals surface area contributed by atoms with Gasteiger partial charge in [0.25, 0.3) is 0 Å². The average Bonchev–Trinajstić information content (AvgIpc) is 3.16. The molecule has 4 heterocycles. The van der Waals surface area contributed by atoms with E-state index in [1.54, 1.807) is 11.9 Å². The van der Waals surface area contributed by atoms with Crippen molar-refractivity contribution in [3.8, 4) is 6.07 Å². The number of nitrogens with zero attached hydrogens (tertiary/aromatic N) is 5. The zero-order valence-corrected chi connectivity index (χ0v) is 14.6. The van der Waals surface area contributed by atoms with Crippen molar-refractivity contribution in [1.29, 1.82) is 5.26 Å². The first-order chi connectivity index (χ1) is 12.7. The number of piperidine rings is 1. The maximum absolute atomic E-state index is 12.1. The van der Waals surface area contributed by atoms with E-state index in [-0.39, 0.29) is 18.4 Å². The van der Waals surface area contributed by atoms with Gasteiger partial charge in [-0.1, -0.05) is 0 Å². The van der Waals surface area contributed by atoms with Gasteiger partial charge in [0, 0.05) is 60.9 Å². The van der Waals surface area contributed by atoms with Crippen LogP contribution in [0.3, 0.4) is 0 Å². The summed E-state index contributed by atoms with van der Waals surface area (Å²) < 4.78 is 0. The van der Waals surface area contributed by atoms with E-state index in [4.69, 9.17) is 5.26 Å². The van der Waals surface area contributed by atoms with Gasteiger partial charge in [-0.3, -0.25) is 4.79 Å². The first-order valence-electron chi connectivity index (χ1n) is 8.77. The van der Waals surface area contributed by atoms with Crippen molar-refractivity contribution in [3.63, 3.8) is 0 Å². The Labute approximate surface area is 151 Å². The van der Waals surface area contributed by atoms with Crippen LogP contribution in [0.2, 0.25) is 0 Å². The summed E-state index contributed by atoms with van der Waals surface area (Å²) in [4.78, 5) is 28.3. The number of pyridine rings is 2. The van der Waals surface area contributed by atoms with Gasteiger partial charge in [-0.15, -0.1) is 0 Å². The number of H-pyrrole nitrogens is 1. The molecule has 3 aromatic rings. The maximum Gasteiger partial charge on any atom is 0.236 e. The smallest absolute Gasteiger partial charge is 0.236 e. The van der Waals surface area contributed by atoms with Crippen LogP contribution >= 0.6 is 0 Å². The van der Waals surface area contributed by atoms with Crippen LogP contribution in [0.5, 0.6) is 0 Å². The minimum atomic E-state index is -0.123. The van der Waals surface area contributed by atoms with Crippen molar-refractivity contribution in [2.45, 2.75) is 25.3 Å². The van der Waals surface area contributed by atoms with Gasteiger partial charge in [-0.05, 0) is 25.0 Å². The lowest BCUT2D eigenvalue weighted by Crippen LogP contribution is -2.48. The second-order valence-corrected chi connectivity index (χ2v) is 6.68. The van der Waals surface area contributed by atoms with Crippen molar-refractivity contribution < 1.29 is 4.79 Å². The Morgan fingerprint density at radius 2 is 2.35 bits per heavy atom. The number of nitrogens with one attached hydrogen (secondary N) is 1. The van der Waals surface area contributed by atoms with Gasteiger partial charge < -0.3 is 14.8 Å². The molecule has 7 nitrogen and oxygen atoms in total. The predicted octanol–water partition coefficient (Wildman–Crippen LogP) is 2.45. The third-order valence-electron chi connectivity index (χ3n) is 5.16. The molecule has 4 rings (SSSR count). The zero-order valence-electron chi connectivity index (χ0n) is 14.6.